The summed E-state index contributed by atoms with van der Waals surface area (Å²) in [5.74, 6) is -0.493. The van der Waals surface area contributed by atoms with E-state index in [1.165, 1.54) is 0 Å². The van der Waals surface area contributed by atoms with Crippen molar-refractivity contribution < 1.29 is 13.2 Å². The van der Waals surface area contributed by atoms with Gasteiger partial charge in [-0.3, -0.25) is 10.1 Å². The van der Waals surface area contributed by atoms with Crippen LogP contribution in [0.3, 0.4) is 0 Å². The smallest absolute Gasteiger partial charge is 0.259 e. The van der Waals surface area contributed by atoms with Gasteiger partial charge in [0.15, 0.2) is 9.84 Å². The molecule has 140 valence electrons. The summed E-state index contributed by atoms with van der Waals surface area (Å²) in [6.45, 7) is 0. The number of carbonyl (C=O) groups excluding carboxylic acids is 1. The van der Waals surface area contributed by atoms with Crippen LogP contribution >= 0.6 is 38.9 Å². The predicted octanol–water partition coefficient (Wildman–Crippen LogP) is 4.22. The van der Waals surface area contributed by atoms with Gasteiger partial charge < -0.3 is 0 Å². The molecular formula is C17H13BrClN3O3S2. The van der Waals surface area contributed by atoms with Crippen molar-refractivity contribution in [2.24, 2.45) is 0 Å². The average molecular weight is 487 g/mol. The van der Waals surface area contributed by atoms with E-state index in [1.54, 1.807) is 48.5 Å². The molecule has 0 aliphatic heterocycles. The SMILES string of the molecule is O=C(Nc1nnc(CCS(=O)(=O)c2ccc(Br)cc2)s1)c1ccccc1Cl. The van der Waals surface area contributed by atoms with Crippen molar-refractivity contribution in [3.8, 4) is 0 Å². The summed E-state index contributed by atoms with van der Waals surface area (Å²) in [6, 6.07) is 13.1. The van der Waals surface area contributed by atoms with Gasteiger partial charge >= 0.3 is 0 Å². The van der Waals surface area contributed by atoms with Crippen molar-refractivity contribution >= 4 is 59.7 Å². The first-order valence-electron chi connectivity index (χ1n) is 7.72. The Kier molecular flexibility index (Phi) is 6.25. The number of benzene rings is 2. The molecule has 27 heavy (non-hydrogen) atoms. The Morgan fingerprint density at radius 2 is 1.81 bits per heavy atom. The number of rotatable bonds is 6. The lowest BCUT2D eigenvalue weighted by Crippen LogP contribution is -2.12. The van der Waals surface area contributed by atoms with Crippen LogP contribution in [-0.2, 0) is 16.3 Å². The van der Waals surface area contributed by atoms with Gasteiger partial charge in [-0.25, -0.2) is 8.42 Å². The first kappa shape index (κ1) is 19.9. The highest BCUT2D eigenvalue weighted by Crippen LogP contribution is 2.21. The lowest BCUT2D eigenvalue weighted by atomic mass is 10.2. The number of nitrogens with zero attached hydrogens (tertiary/aromatic N) is 2. The highest BCUT2D eigenvalue weighted by Gasteiger charge is 2.17. The molecule has 0 bridgehead atoms. The van der Waals surface area contributed by atoms with E-state index in [-0.39, 0.29) is 22.2 Å². The summed E-state index contributed by atoms with van der Waals surface area (Å²) < 4.78 is 25.6. The molecule has 0 unspecified atom stereocenters. The maximum absolute atomic E-state index is 12.4. The zero-order valence-electron chi connectivity index (χ0n) is 13.7. The first-order valence-corrected chi connectivity index (χ1v) is 11.4. The molecule has 2 aromatic carbocycles. The zero-order valence-corrected chi connectivity index (χ0v) is 17.7. The minimum atomic E-state index is -3.42. The molecule has 1 amide bonds. The van der Waals surface area contributed by atoms with Crippen LogP contribution in [0.2, 0.25) is 5.02 Å². The largest absolute Gasteiger partial charge is 0.296 e. The third-order valence-electron chi connectivity index (χ3n) is 3.56. The molecule has 0 aliphatic rings. The van der Waals surface area contributed by atoms with Crippen molar-refractivity contribution in [1.82, 2.24) is 10.2 Å². The third kappa shape index (κ3) is 5.13. The van der Waals surface area contributed by atoms with Crippen LogP contribution in [0.4, 0.5) is 5.13 Å². The number of anilines is 1. The van der Waals surface area contributed by atoms with E-state index in [4.69, 9.17) is 11.6 Å². The number of amides is 1. The molecule has 0 spiro atoms. The second kappa shape index (κ2) is 8.47. The fraction of sp³-hybridized carbons (Fsp3) is 0.118. The minimum Gasteiger partial charge on any atom is -0.296 e. The maximum atomic E-state index is 12.4. The average Bonchev–Trinajstić information content (AvgIpc) is 3.08. The molecule has 6 nitrogen and oxygen atoms in total. The Labute approximate surface area is 173 Å². The third-order valence-corrected chi connectivity index (χ3v) is 7.05. The molecule has 0 radical (unpaired) electrons. The van der Waals surface area contributed by atoms with Crippen molar-refractivity contribution in [1.29, 1.82) is 0 Å². The van der Waals surface area contributed by atoms with Crippen molar-refractivity contribution in [3.05, 3.63) is 68.6 Å². The second-order valence-electron chi connectivity index (χ2n) is 5.46. The molecule has 1 aromatic heterocycles. The van der Waals surface area contributed by atoms with Gasteiger partial charge in [0, 0.05) is 10.9 Å². The first-order chi connectivity index (χ1) is 12.8. The Balaban J connectivity index is 1.63. The molecule has 0 saturated heterocycles. The number of aromatic nitrogens is 2. The van der Waals surface area contributed by atoms with Gasteiger partial charge in [0.25, 0.3) is 5.91 Å². The zero-order chi connectivity index (χ0) is 19.4. The van der Waals surface area contributed by atoms with Crippen LogP contribution < -0.4 is 5.32 Å². The number of nitrogens with one attached hydrogen (secondary N) is 1. The van der Waals surface area contributed by atoms with Gasteiger partial charge in [-0.05, 0) is 36.4 Å². The van der Waals surface area contributed by atoms with E-state index in [0.29, 0.717) is 15.6 Å². The van der Waals surface area contributed by atoms with Crippen molar-refractivity contribution in [2.75, 3.05) is 11.1 Å². The fourth-order valence-corrected chi connectivity index (χ4v) is 4.79. The summed E-state index contributed by atoms with van der Waals surface area (Å²) in [4.78, 5) is 12.5. The van der Waals surface area contributed by atoms with Gasteiger partial charge in [-0.15, -0.1) is 10.2 Å². The summed E-state index contributed by atoms with van der Waals surface area (Å²) >= 11 is 10.4. The molecule has 0 atom stereocenters. The van der Waals surface area contributed by atoms with Gasteiger partial charge in [0.05, 0.1) is 21.2 Å². The van der Waals surface area contributed by atoms with E-state index in [2.05, 4.69) is 31.4 Å². The normalized spacial score (nSPS) is 11.3. The summed E-state index contributed by atoms with van der Waals surface area (Å²) in [6.07, 6.45) is 0.206. The summed E-state index contributed by atoms with van der Waals surface area (Å²) in [5.41, 5.74) is 0.328. The Bertz CT molecular complexity index is 1070. The maximum Gasteiger partial charge on any atom is 0.259 e. The number of hydrogen-bond acceptors (Lipinski definition) is 6. The van der Waals surface area contributed by atoms with Gasteiger partial charge in [0.2, 0.25) is 5.13 Å². The predicted molar refractivity (Wildman–Crippen MR) is 109 cm³/mol. The highest BCUT2D eigenvalue weighted by molar-refractivity contribution is 9.10. The molecule has 0 saturated carbocycles. The summed E-state index contributed by atoms with van der Waals surface area (Å²) in [7, 11) is -3.42. The molecule has 1 N–H and O–H groups in total. The monoisotopic (exact) mass is 485 g/mol. The van der Waals surface area contributed by atoms with Gasteiger partial charge in [-0.1, -0.05) is 51.0 Å². The number of hydrogen-bond donors (Lipinski definition) is 1. The topological polar surface area (TPSA) is 89.0 Å². The molecule has 10 heteroatoms. The highest BCUT2D eigenvalue weighted by atomic mass is 79.9. The van der Waals surface area contributed by atoms with Crippen LogP contribution in [0.5, 0.6) is 0 Å². The Morgan fingerprint density at radius 1 is 1.11 bits per heavy atom. The molecule has 3 aromatic rings. The van der Waals surface area contributed by atoms with E-state index < -0.39 is 15.7 Å². The molecule has 0 aliphatic carbocycles. The molecule has 1 heterocycles. The number of aryl methyl sites for hydroxylation is 1. The number of sulfone groups is 1. The van der Waals surface area contributed by atoms with E-state index in [9.17, 15) is 13.2 Å². The number of halogens is 2. The summed E-state index contributed by atoms with van der Waals surface area (Å²) in [5, 5.41) is 11.6. The van der Waals surface area contributed by atoms with Gasteiger partial charge in [0.1, 0.15) is 5.01 Å². The quantitative estimate of drug-likeness (QED) is 0.563. The van der Waals surface area contributed by atoms with E-state index in [0.717, 1.165) is 15.8 Å². The van der Waals surface area contributed by atoms with Crippen molar-refractivity contribution in [3.63, 3.8) is 0 Å². The fourth-order valence-electron chi connectivity index (χ4n) is 2.20. The van der Waals surface area contributed by atoms with Crippen LogP contribution in [0, 0.1) is 0 Å². The number of carbonyl (C=O) groups is 1. The van der Waals surface area contributed by atoms with Crippen LogP contribution in [0.1, 0.15) is 15.4 Å². The van der Waals surface area contributed by atoms with E-state index in [1.807, 2.05) is 0 Å². The Hall–Kier alpha value is -1.81. The molecule has 0 fully saturated rings. The van der Waals surface area contributed by atoms with Crippen molar-refractivity contribution in [2.45, 2.75) is 11.3 Å². The lowest BCUT2D eigenvalue weighted by molar-refractivity contribution is 0.102. The van der Waals surface area contributed by atoms with E-state index >= 15 is 0 Å². The minimum absolute atomic E-state index is 0.0955. The van der Waals surface area contributed by atoms with Crippen LogP contribution in [0.25, 0.3) is 0 Å². The lowest BCUT2D eigenvalue weighted by Gasteiger charge is -2.03. The molecule has 3 rings (SSSR count). The second-order valence-corrected chi connectivity index (χ2v) is 9.95. The van der Waals surface area contributed by atoms with Gasteiger partial charge in [-0.2, -0.15) is 0 Å². The van der Waals surface area contributed by atoms with Crippen LogP contribution in [-0.4, -0.2) is 30.3 Å². The molecular weight excluding hydrogens is 474 g/mol. The Morgan fingerprint density at radius 3 is 2.52 bits per heavy atom. The van der Waals surface area contributed by atoms with Crippen LogP contribution in [0.15, 0.2) is 57.9 Å². The standard InChI is InChI=1S/C17H13BrClN3O3S2/c18-11-5-7-12(8-6-11)27(24,25)10-9-15-21-22-17(26-15)20-16(23)13-3-1-2-4-14(13)19/h1-8H,9-10H2,(H,20,22,23).